The highest BCUT2D eigenvalue weighted by atomic mass is 16.3. The average Bonchev–Trinajstić information content (AvgIpc) is 3.78. The third kappa shape index (κ3) is 4.80. The van der Waals surface area contributed by atoms with E-state index in [0.29, 0.717) is 17.5 Å². The van der Waals surface area contributed by atoms with E-state index >= 15 is 0 Å². The van der Waals surface area contributed by atoms with Crippen LogP contribution in [0.1, 0.15) is 23.6 Å². The molecule has 0 atom stereocenters. The van der Waals surface area contributed by atoms with Gasteiger partial charge in [0.1, 0.15) is 11.3 Å². The van der Waals surface area contributed by atoms with Gasteiger partial charge in [0.15, 0.2) is 17.5 Å². The van der Waals surface area contributed by atoms with Gasteiger partial charge in [0, 0.05) is 34.1 Å². The first-order chi connectivity index (χ1) is 26.3. The maximum atomic E-state index is 6.70. The first-order valence-corrected chi connectivity index (χ1v) is 18.2. The molecule has 9 aromatic rings. The molecular weight excluding hydrogens is 647 g/mol. The first-order valence-electron chi connectivity index (χ1n) is 18.2. The third-order valence-electron chi connectivity index (χ3n) is 10.8. The molecule has 2 aliphatic carbocycles. The van der Waals surface area contributed by atoms with Crippen LogP contribution in [0.25, 0.3) is 94.6 Å². The Morgan fingerprint density at radius 3 is 1.74 bits per heavy atom. The number of nitrogens with zero attached hydrogens (tertiary/aromatic N) is 3. The summed E-state index contributed by atoms with van der Waals surface area (Å²) in [6.07, 6.45) is 3.93. The zero-order valence-corrected chi connectivity index (χ0v) is 28.8. The van der Waals surface area contributed by atoms with Crippen molar-refractivity contribution in [3.63, 3.8) is 0 Å². The van der Waals surface area contributed by atoms with Gasteiger partial charge >= 0.3 is 0 Å². The number of hydrogen-bond acceptors (Lipinski definition) is 4. The Morgan fingerprint density at radius 1 is 0.415 bits per heavy atom. The van der Waals surface area contributed by atoms with E-state index in [1.165, 1.54) is 44.2 Å². The minimum Gasteiger partial charge on any atom is -0.460 e. The summed E-state index contributed by atoms with van der Waals surface area (Å²) >= 11 is 0. The van der Waals surface area contributed by atoms with Crippen molar-refractivity contribution < 1.29 is 4.42 Å². The molecular formula is C49H31N3O. The van der Waals surface area contributed by atoms with Gasteiger partial charge in [-0.05, 0) is 73.8 Å². The Balaban J connectivity index is 1.02. The second-order valence-corrected chi connectivity index (χ2v) is 13.8. The van der Waals surface area contributed by atoms with E-state index in [9.17, 15) is 0 Å². The fraction of sp³-hybridized carbons (Fsp3) is 0.0408. The SMILES string of the molecule is C1=C(c2nc(-c3ccccc3)nc(-c3ccc(-c4ccccc4)cc3)n2)c2c(oc3cc(-c4ccc5c6c(cccc46)-c4ccccc4-5)ccc23)CC1. The van der Waals surface area contributed by atoms with E-state index in [-0.39, 0.29) is 0 Å². The van der Waals surface area contributed by atoms with Crippen LogP contribution in [0.4, 0.5) is 0 Å². The fourth-order valence-electron chi connectivity index (χ4n) is 8.28. The van der Waals surface area contributed by atoms with Crippen molar-refractivity contribution in [2.45, 2.75) is 12.8 Å². The first kappa shape index (κ1) is 29.8. The Labute approximate surface area is 306 Å². The molecule has 0 fully saturated rings. The molecule has 248 valence electrons. The van der Waals surface area contributed by atoms with Crippen LogP contribution < -0.4 is 0 Å². The lowest BCUT2D eigenvalue weighted by atomic mass is 9.91. The number of fused-ring (bicyclic) bond motifs is 6. The van der Waals surface area contributed by atoms with Gasteiger partial charge in [0.2, 0.25) is 0 Å². The van der Waals surface area contributed by atoms with Crippen molar-refractivity contribution in [3.05, 3.63) is 181 Å². The summed E-state index contributed by atoms with van der Waals surface area (Å²) in [6, 6.07) is 55.6. The highest BCUT2D eigenvalue weighted by molar-refractivity contribution is 6.18. The molecule has 0 bridgehead atoms. The highest BCUT2D eigenvalue weighted by Crippen LogP contribution is 2.49. The monoisotopic (exact) mass is 677 g/mol. The molecule has 4 heteroatoms. The molecule has 0 radical (unpaired) electrons. The Bertz CT molecular complexity index is 2890. The largest absolute Gasteiger partial charge is 0.460 e. The number of furan rings is 1. The van der Waals surface area contributed by atoms with Crippen LogP contribution in [-0.2, 0) is 6.42 Å². The van der Waals surface area contributed by atoms with Gasteiger partial charge in [-0.3, -0.25) is 0 Å². The molecule has 0 unspecified atom stereocenters. The van der Waals surface area contributed by atoms with Crippen LogP contribution in [-0.4, -0.2) is 15.0 Å². The van der Waals surface area contributed by atoms with Gasteiger partial charge in [-0.1, -0.05) is 152 Å². The lowest BCUT2D eigenvalue weighted by Gasteiger charge is -2.15. The van der Waals surface area contributed by atoms with Crippen molar-refractivity contribution in [2.75, 3.05) is 0 Å². The molecule has 0 saturated carbocycles. The van der Waals surface area contributed by atoms with Gasteiger partial charge in [0.05, 0.1) is 0 Å². The van der Waals surface area contributed by atoms with E-state index in [4.69, 9.17) is 19.4 Å². The molecule has 2 aromatic heterocycles. The quantitative estimate of drug-likeness (QED) is 0.182. The lowest BCUT2D eigenvalue weighted by Crippen LogP contribution is -2.06. The molecule has 0 amide bonds. The predicted octanol–water partition coefficient (Wildman–Crippen LogP) is 12.5. The normalized spacial score (nSPS) is 12.9. The predicted molar refractivity (Wildman–Crippen MR) is 215 cm³/mol. The smallest absolute Gasteiger partial charge is 0.164 e. The summed E-state index contributed by atoms with van der Waals surface area (Å²) in [6.45, 7) is 0. The summed E-state index contributed by atoms with van der Waals surface area (Å²) in [7, 11) is 0. The summed E-state index contributed by atoms with van der Waals surface area (Å²) in [5, 5.41) is 3.66. The van der Waals surface area contributed by atoms with Gasteiger partial charge < -0.3 is 4.42 Å². The summed E-state index contributed by atoms with van der Waals surface area (Å²) in [5.41, 5.74) is 14.7. The number of aromatic nitrogens is 3. The van der Waals surface area contributed by atoms with Crippen LogP contribution in [0.3, 0.4) is 0 Å². The van der Waals surface area contributed by atoms with E-state index in [1.54, 1.807) is 0 Å². The van der Waals surface area contributed by atoms with Crippen LogP contribution in [0.2, 0.25) is 0 Å². The van der Waals surface area contributed by atoms with Gasteiger partial charge in [-0.25, -0.2) is 15.0 Å². The van der Waals surface area contributed by atoms with Crippen molar-refractivity contribution in [1.29, 1.82) is 0 Å². The van der Waals surface area contributed by atoms with Crippen LogP contribution in [0.5, 0.6) is 0 Å². The van der Waals surface area contributed by atoms with E-state index in [1.807, 2.05) is 24.3 Å². The summed E-state index contributed by atoms with van der Waals surface area (Å²) < 4.78 is 6.70. The van der Waals surface area contributed by atoms with Gasteiger partial charge in [-0.2, -0.15) is 0 Å². The molecule has 4 nitrogen and oxygen atoms in total. The second kappa shape index (κ2) is 11.8. The number of benzene rings is 7. The zero-order chi connectivity index (χ0) is 34.9. The van der Waals surface area contributed by atoms with E-state index in [0.717, 1.165) is 63.0 Å². The lowest BCUT2D eigenvalue weighted by molar-refractivity contribution is 0.545. The molecule has 53 heavy (non-hydrogen) atoms. The summed E-state index contributed by atoms with van der Waals surface area (Å²) in [5.74, 6) is 2.92. The minimum atomic E-state index is 0.644. The highest BCUT2D eigenvalue weighted by Gasteiger charge is 2.26. The molecule has 0 aliphatic heterocycles. The number of rotatable bonds is 5. The molecule has 11 rings (SSSR count). The topological polar surface area (TPSA) is 51.8 Å². The third-order valence-corrected chi connectivity index (χ3v) is 10.8. The van der Waals surface area contributed by atoms with Crippen LogP contribution in [0.15, 0.2) is 168 Å². The van der Waals surface area contributed by atoms with Crippen molar-refractivity contribution in [1.82, 2.24) is 15.0 Å². The average molecular weight is 678 g/mol. The molecule has 0 spiro atoms. The number of allylic oxidation sites excluding steroid dienone is 1. The second-order valence-electron chi connectivity index (χ2n) is 13.8. The minimum absolute atomic E-state index is 0.644. The Morgan fingerprint density at radius 2 is 0.981 bits per heavy atom. The summed E-state index contributed by atoms with van der Waals surface area (Å²) in [4.78, 5) is 15.3. The van der Waals surface area contributed by atoms with Gasteiger partial charge in [0.25, 0.3) is 0 Å². The number of aryl methyl sites for hydroxylation is 1. The van der Waals surface area contributed by atoms with E-state index in [2.05, 4.69) is 140 Å². The van der Waals surface area contributed by atoms with Crippen molar-refractivity contribution >= 4 is 27.3 Å². The fourth-order valence-corrected chi connectivity index (χ4v) is 8.28. The molecule has 7 aromatic carbocycles. The zero-order valence-electron chi connectivity index (χ0n) is 28.8. The van der Waals surface area contributed by atoms with Crippen LogP contribution >= 0.6 is 0 Å². The molecule has 2 heterocycles. The van der Waals surface area contributed by atoms with Crippen molar-refractivity contribution in [2.24, 2.45) is 0 Å². The van der Waals surface area contributed by atoms with Crippen molar-refractivity contribution in [3.8, 4) is 67.3 Å². The Kier molecular flexibility index (Phi) is 6.65. The standard InChI is InChI=1S/C49H31N3O/c1-3-11-30(12-4-1)31-21-23-33(24-22-31)48-50-47(32-13-5-2-6-14-32)51-49(52-48)42-19-10-20-43-46(42)41-26-25-34(29-44(41)53-43)35-27-28-40-37-16-8-7-15-36(37)39-18-9-17-38(35)45(39)40/h1-9,11-19,21-29H,10,20H2. The molecule has 2 aliphatic rings. The van der Waals surface area contributed by atoms with Crippen LogP contribution in [0, 0.1) is 0 Å². The maximum Gasteiger partial charge on any atom is 0.164 e. The van der Waals surface area contributed by atoms with Gasteiger partial charge in [-0.15, -0.1) is 0 Å². The maximum absolute atomic E-state index is 6.70. The molecule has 0 N–H and O–H groups in total. The van der Waals surface area contributed by atoms with E-state index < -0.39 is 0 Å². The Hall–Kier alpha value is -6.91. The number of hydrogen-bond donors (Lipinski definition) is 0. The molecule has 0 saturated heterocycles.